The first kappa shape index (κ1) is 16.0. The molecule has 1 aliphatic heterocycles. The molecule has 23 heavy (non-hydrogen) atoms. The Hall–Kier alpha value is -1.86. The summed E-state index contributed by atoms with van der Waals surface area (Å²) < 4.78 is 9.21. The van der Waals surface area contributed by atoms with Gasteiger partial charge in [0.2, 0.25) is 0 Å². The lowest BCUT2D eigenvalue weighted by molar-refractivity contribution is 0.182. The third-order valence-electron chi connectivity index (χ3n) is 4.49. The fraction of sp³-hybridized carbons (Fsp3) is 0.625. The maximum absolute atomic E-state index is 5.14. The topological polar surface area (TPSA) is 68.9 Å². The molecule has 0 aromatic carbocycles. The van der Waals surface area contributed by atoms with Crippen molar-refractivity contribution in [3.63, 3.8) is 0 Å². The normalized spacial score (nSPS) is 17.1. The smallest absolute Gasteiger partial charge is 0.124 e. The van der Waals surface area contributed by atoms with Gasteiger partial charge in [-0.1, -0.05) is 0 Å². The van der Waals surface area contributed by atoms with Crippen LogP contribution in [0.25, 0.3) is 0 Å². The summed E-state index contributed by atoms with van der Waals surface area (Å²) in [6, 6.07) is 2.02. The minimum absolute atomic E-state index is 0.548. The molecule has 2 N–H and O–H groups in total. The number of aromatic nitrogens is 4. The van der Waals surface area contributed by atoms with Crippen molar-refractivity contribution in [1.82, 2.24) is 24.9 Å². The maximum atomic E-state index is 5.14. The second-order valence-corrected chi connectivity index (χ2v) is 6.14. The van der Waals surface area contributed by atoms with Crippen LogP contribution in [-0.2, 0) is 24.4 Å². The first-order chi connectivity index (χ1) is 11.2. The summed E-state index contributed by atoms with van der Waals surface area (Å²) in [5.74, 6) is 1.67. The molecular formula is C16H26N6O. The molecule has 0 unspecified atom stereocenters. The van der Waals surface area contributed by atoms with Crippen molar-refractivity contribution in [2.75, 3.05) is 32.1 Å². The van der Waals surface area contributed by atoms with Gasteiger partial charge in [0.05, 0.1) is 25.0 Å². The summed E-state index contributed by atoms with van der Waals surface area (Å²) in [6.07, 6.45) is 1.85. The number of fused-ring (bicyclic) bond motifs is 1. The SMILES string of the molecule is COCCn1nc(C)c(CNC[C@H]2CNc3ccnn3C2)c1C. The first-order valence-corrected chi connectivity index (χ1v) is 8.17. The van der Waals surface area contributed by atoms with Crippen LogP contribution in [0, 0.1) is 19.8 Å². The number of methoxy groups -OCH3 is 1. The lowest BCUT2D eigenvalue weighted by Crippen LogP contribution is -2.35. The molecule has 0 aliphatic carbocycles. The molecular weight excluding hydrogens is 292 g/mol. The van der Waals surface area contributed by atoms with Crippen LogP contribution in [0.4, 0.5) is 5.82 Å². The minimum Gasteiger partial charge on any atom is -0.383 e. The standard InChI is InChI=1S/C16H26N6O/c1-12-15(13(2)21(20-12)6-7-23-3)10-17-8-14-9-18-16-4-5-19-22(16)11-14/h4-5,14,17-18H,6-11H2,1-3H3/t14-/m0/s1. The van der Waals surface area contributed by atoms with Crippen LogP contribution in [0.3, 0.4) is 0 Å². The number of aryl methyl sites for hydroxylation is 1. The van der Waals surface area contributed by atoms with Crippen molar-refractivity contribution >= 4 is 5.82 Å². The summed E-state index contributed by atoms with van der Waals surface area (Å²) >= 11 is 0. The van der Waals surface area contributed by atoms with Gasteiger partial charge in [0.1, 0.15) is 5.82 Å². The molecule has 1 aliphatic rings. The molecule has 0 spiro atoms. The average Bonchev–Trinajstić information content (AvgIpc) is 3.11. The fourth-order valence-electron chi connectivity index (χ4n) is 3.11. The van der Waals surface area contributed by atoms with E-state index in [1.165, 1.54) is 11.3 Å². The molecule has 0 radical (unpaired) electrons. The molecule has 3 heterocycles. The predicted molar refractivity (Wildman–Crippen MR) is 89.5 cm³/mol. The molecule has 0 amide bonds. The number of nitrogens with one attached hydrogen (secondary N) is 2. The molecule has 0 saturated carbocycles. The van der Waals surface area contributed by atoms with Gasteiger partial charge in [0, 0.05) is 56.5 Å². The van der Waals surface area contributed by atoms with Crippen LogP contribution in [0.1, 0.15) is 17.0 Å². The van der Waals surface area contributed by atoms with Crippen LogP contribution in [0.15, 0.2) is 12.3 Å². The first-order valence-electron chi connectivity index (χ1n) is 8.17. The lowest BCUT2D eigenvalue weighted by atomic mass is 10.1. The Balaban J connectivity index is 1.52. The highest BCUT2D eigenvalue weighted by Crippen LogP contribution is 2.16. The maximum Gasteiger partial charge on any atom is 0.124 e. The van der Waals surface area contributed by atoms with Crippen molar-refractivity contribution in [1.29, 1.82) is 0 Å². The van der Waals surface area contributed by atoms with E-state index in [2.05, 4.69) is 34.7 Å². The van der Waals surface area contributed by atoms with Gasteiger partial charge in [0.25, 0.3) is 0 Å². The highest BCUT2D eigenvalue weighted by Gasteiger charge is 2.18. The number of rotatable bonds is 7. The number of anilines is 1. The molecule has 0 saturated heterocycles. The highest BCUT2D eigenvalue weighted by molar-refractivity contribution is 5.35. The van der Waals surface area contributed by atoms with Crippen molar-refractivity contribution < 1.29 is 4.74 Å². The van der Waals surface area contributed by atoms with Crippen LogP contribution < -0.4 is 10.6 Å². The van der Waals surface area contributed by atoms with Crippen LogP contribution in [0.2, 0.25) is 0 Å². The van der Waals surface area contributed by atoms with Crippen molar-refractivity contribution in [2.24, 2.45) is 5.92 Å². The quantitative estimate of drug-likeness (QED) is 0.802. The second kappa shape index (κ2) is 7.14. The number of ether oxygens (including phenoxy) is 1. The minimum atomic E-state index is 0.548. The molecule has 7 heteroatoms. The van der Waals surface area contributed by atoms with E-state index < -0.39 is 0 Å². The number of hydrogen-bond donors (Lipinski definition) is 2. The molecule has 7 nitrogen and oxygen atoms in total. The van der Waals surface area contributed by atoms with E-state index in [1.807, 2.05) is 21.6 Å². The highest BCUT2D eigenvalue weighted by atomic mass is 16.5. The Morgan fingerprint density at radius 3 is 3.13 bits per heavy atom. The Morgan fingerprint density at radius 2 is 2.30 bits per heavy atom. The molecule has 0 fully saturated rings. The Labute approximate surface area is 137 Å². The number of nitrogens with zero attached hydrogens (tertiary/aromatic N) is 4. The van der Waals surface area contributed by atoms with E-state index in [9.17, 15) is 0 Å². The zero-order valence-electron chi connectivity index (χ0n) is 14.2. The molecule has 0 bridgehead atoms. The van der Waals surface area contributed by atoms with Crippen LogP contribution >= 0.6 is 0 Å². The van der Waals surface area contributed by atoms with E-state index >= 15 is 0 Å². The Bertz CT molecular complexity index is 647. The van der Waals surface area contributed by atoms with Gasteiger partial charge in [-0.2, -0.15) is 10.2 Å². The largest absolute Gasteiger partial charge is 0.383 e. The lowest BCUT2D eigenvalue weighted by Gasteiger charge is -2.25. The van der Waals surface area contributed by atoms with Gasteiger partial charge in [0.15, 0.2) is 0 Å². The van der Waals surface area contributed by atoms with Crippen LogP contribution in [0.5, 0.6) is 0 Å². The molecule has 126 valence electrons. The van der Waals surface area contributed by atoms with Crippen molar-refractivity contribution in [3.05, 3.63) is 29.2 Å². The average molecular weight is 318 g/mol. The van der Waals surface area contributed by atoms with Crippen molar-refractivity contribution in [2.45, 2.75) is 33.5 Å². The third-order valence-corrected chi connectivity index (χ3v) is 4.49. The Kier molecular flexibility index (Phi) is 4.97. The fourth-order valence-corrected chi connectivity index (χ4v) is 3.11. The zero-order chi connectivity index (χ0) is 16.2. The number of hydrogen-bond acceptors (Lipinski definition) is 5. The predicted octanol–water partition coefficient (Wildman–Crippen LogP) is 1.17. The van der Waals surface area contributed by atoms with E-state index in [1.54, 1.807) is 7.11 Å². The summed E-state index contributed by atoms with van der Waals surface area (Å²) in [5.41, 5.74) is 3.62. The van der Waals surface area contributed by atoms with E-state index in [0.29, 0.717) is 12.5 Å². The molecule has 1 atom stereocenters. The van der Waals surface area contributed by atoms with E-state index in [4.69, 9.17) is 4.74 Å². The van der Waals surface area contributed by atoms with Gasteiger partial charge in [-0.15, -0.1) is 0 Å². The molecule has 2 aromatic heterocycles. The monoisotopic (exact) mass is 318 g/mol. The van der Waals surface area contributed by atoms with Gasteiger partial charge < -0.3 is 15.4 Å². The van der Waals surface area contributed by atoms with E-state index in [0.717, 1.165) is 44.2 Å². The van der Waals surface area contributed by atoms with Gasteiger partial charge in [-0.25, -0.2) is 4.68 Å². The third kappa shape index (κ3) is 3.56. The molecule has 3 rings (SSSR count). The molecule has 2 aromatic rings. The Morgan fingerprint density at radius 1 is 1.43 bits per heavy atom. The summed E-state index contributed by atoms with van der Waals surface area (Å²) in [5, 5.41) is 15.9. The van der Waals surface area contributed by atoms with Crippen molar-refractivity contribution in [3.8, 4) is 0 Å². The zero-order valence-corrected chi connectivity index (χ0v) is 14.2. The summed E-state index contributed by atoms with van der Waals surface area (Å²) in [4.78, 5) is 0. The van der Waals surface area contributed by atoms with Gasteiger partial charge in [-0.3, -0.25) is 4.68 Å². The summed E-state index contributed by atoms with van der Waals surface area (Å²) in [6.45, 7) is 9.47. The second-order valence-electron chi connectivity index (χ2n) is 6.14. The summed E-state index contributed by atoms with van der Waals surface area (Å²) in [7, 11) is 1.72. The van der Waals surface area contributed by atoms with Gasteiger partial charge in [-0.05, 0) is 13.8 Å². The van der Waals surface area contributed by atoms with E-state index in [-0.39, 0.29) is 0 Å². The van der Waals surface area contributed by atoms with Gasteiger partial charge >= 0.3 is 0 Å². The van der Waals surface area contributed by atoms with Crippen LogP contribution in [-0.4, -0.2) is 46.4 Å².